The summed E-state index contributed by atoms with van der Waals surface area (Å²) in [6.45, 7) is 0. The molecule has 0 fully saturated rings. The largest absolute Gasteiger partial charge is 0.382 e. The molecule has 1 N–H and O–H groups in total. The minimum Gasteiger partial charge on any atom is -0.382 e. The summed E-state index contributed by atoms with van der Waals surface area (Å²) in [7, 11) is 4.00. The Kier molecular flexibility index (Phi) is 5.37. The molecule has 3 heteroatoms. The molecule has 0 aliphatic heterocycles. The fourth-order valence-corrected chi connectivity index (χ4v) is 2.62. The molecule has 0 atom stereocenters. The first-order valence-corrected chi connectivity index (χ1v) is 8.34. The van der Waals surface area contributed by atoms with Crippen LogP contribution in [0.5, 0.6) is 0 Å². The summed E-state index contributed by atoms with van der Waals surface area (Å²) < 4.78 is 0. The number of hydrogen-bond acceptors (Lipinski definition) is 3. The van der Waals surface area contributed by atoms with Crippen LogP contribution in [0.15, 0.2) is 97.3 Å². The molecule has 0 saturated heterocycles. The summed E-state index contributed by atoms with van der Waals surface area (Å²) in [5.41, 5.74) is 4.43. The van der Waals surface area contributed by atoms with Gasteiger partial charge < -0.3 is 15.1 Å². The van der Waals surface area contributed by atoms with E-state index in [1.807, 2.05) is 43.5 Å². The molecule has 0 saturated carbocycles. The van der Waals surface area contributed by atoms with Crippen molar-refractivity contribution in [1.82, 2.24) is 4.90 Å². The van der Waals surface area contributed by atoms with E-state index in [0.717, 1.165) is 22.7 Å². The van der Waals surface area contributed by atoms with E-state index in [4.69, 9.17) is 0 Å². The van der Waals surface area contributed by atoms with E-state index < -0.39 is 0 Å². The van der Waals surface area contributed by atoms with Crippen LogP contribution in [0.1, 0.15) is 0 Å². The van der Waals surface area contributed by atoms with E-state index in [1.54, 1.807) is 0 Å². The van der Waals surface area contributed by atoms with Crippen LogP contribution >= 0.6 is 0 Å². The van der Waals surface area contributed by atoms with Gasteiger partial charge in [-0.25, -0.2) is 0 Å². The Hall–Kier alpha value is -3.20. The summed E-state index contributed by atoms with van der Waals surface area (Å²) in [6.07, 6.45) is 3.92. The first-order valence-electron chi connectivity index (χ1n) is 8.34. The third kappa shape index (κ3) is 4.42. The number of para-hydroxylation sites is 2. The van der Waals surface area contributed by atoms with Gasteiger partial charge in [0.15, 0.2) is 0 Å². The van der Waals surface area contributed by atoms with Crippen molar-refractivity contribution in [3.8, 4) is 0 Å². The third-order valence-electron chi connectivity index (χ3n) is 3.76. The summed E-state index contributed by atoms with van der Waals surface area (Å²) in [4.78, 5) is 4.25. The Bertz CT molecular complexity index is 771. The van der Waals surface area contributed by atoms with E-state index in [0.29, 0.717) is 0 Å². The minimum atomic E-state index is 1.05. The fraction of sp³-hybridized carbons (Fsp3) is 0.0909. The van der Waals surface area contributed by atoms with Crippen LogP contribution in [-0.2, 0) is 0 Å². The van der Waals surface area contributed by atoms with Crippen molar-refractivity contribution >= 4 is 22.7 Å². The maximum absolute atomic E-state index is 3.33. The van der Waals surface area contributed by atoms with Crippen molar-refractivity contribution in [2.75, 3.05) is 24.3 Å². The van der Waals surface area contributed by atoms with Crippen molar-refractivity contribution in [3.63, 3.8) is 0 Å². The molecule has 0 amide bonds. The second-order valence-corrected chi connectivity index (χ2v) is 5.98. The van der Waals surface area contributed by atoms with Crippen LogP contribution in [0.4, 0.5) is 22.7 Å². The molecule has 0 aromatic heterocycles. The zero-order valence-electron chi connectivity index (χ0n) is 14.6. The van der Waals surface area contributed by atoms with Crippen molar-refractivity contribution in [3.05, 3.63) is 97.3 Å². The summed E-state index contributed by atoms with van der Waals surface area (Å²) in [6, 6.07) is 29.2. The van der Waals surface area contributed by atoms with Crippen LogP contribution in [0, 0.1) is 0 Å². The smallest absolute Gasteiger partial charge is 0.0482 e. The molecular formula is C22H23N3. The molecule has 0 spiro atoms. The van der Waals surface area contributed by atoms with Crippen LogP contribution in [-0.4, -0.2) is 19.0 Å². The predicted octanol–water partition coefficient (Wildman–Crippen LogP) is 5.60. The summed E-state index contributed by atoms with van der Waals surface area (Å²) in [5.74, 6) is 0. The number of nitrogens with zero attached hydrogens (tertiary/aromatic N) is 2. The van der Waals surface area contributed by atoms with Gasteiger partial charge >= 0.3 is 0 Å². The van der Waals surface area contributed by atoms with E-state index in [9.17, 15) is 0 Å². The molecule has 25 heavy (non-hydrogen) atoms. The van der Waals surface area contributed by atoms with E-state index >= 15 is 0 Å². The van der Waals surface area contributed by atoms with E-state index in [2.05, 4.69) is 83.0 Å². The van der Waals surface area contributed by atoms with Crippen molar-refractivity contribution in [2.45, 2.75) is 0 Å². The summed E-state index contributed by atoms with van der Waals surface area (Å²) >= 11 is 0. The predicted molar refractivity (Wildman–Crippen MR) is 108 cm³/mol. The monoisotopic (exact) mass is 329 g/mol. The van der Waals surface area contributed by atoms with Gasteiger partial charge in [0.1, 0.15) is 0 Å². The lowest BCUT2D eigenvalue weighted by Gasteiger charge is -2.25. The van der Waals surface area contributed by atoms with Gasteiger partial charge in [-0.3, -0.25) is 0 Å². The first kappa shape index (κ1) is 16.7. The maximum atomic E-state index is 3.33. The standard InChI is InChI=1S/C22H23N3/c1-24(2)17-16-23-19-10-9-15-22(18-19)25(20-11-5-3-6-12-20)21-13-7-4-8-14-21/h3-18,23H,1-2H3/b17-16-. The van der Waals surface area contributed by atoms with Gasteiger partial charge in [-0.05, 0) is 42.5 Å². The van der Waals surface area contributed by atoms with Gasteiger partial charge in [0.05, 0.1) is 0 Å². The van der Waals surface area contributed by atoms with Crippen molar-refractivity contribution in [2.24, 2.45) is 0 Å². The maximum Gasteiger partial charge on any atom is 0.0482 e. The molecular weight excluding hydrogens is 306 g/mol. The van der Waals surface area contributed by atoms with Crippen LogP contribution in [0.2, 0.25) is 0 Å². The lowest BCUT2D eigenvalue weighted by molar-refractivity contribution is 0.563. The molecule has 0 unspecified atom stereocenters. The molecule has 0 aliphatic rings. The van der Waals surface area contributed by atoms with Gasteiger partial charge in [-0.15, -0.1) is 0 Å². The highest BCUT2D eigenvalue weighted by Crippen LogP contribution is 2.35. The van der Waals surface area contributed by atoms with Gasteiger partial charge in [0, 0.05) is 49.2 Å². The number of rotatable bonds is 6. The molecule has 0 radical (unpaired) electrons. The second-order valence-electron chi connectivity index (χ2n) is 5.98. The van der Waals surface area contributed by atoms with Gasteiger partial charge in [-0.1, -0.05) is 42.5 Å². The van der Waals surface area contributed by atoms with E-state index in [1.165, 1.54) is 0 Å². The molecule has 3 nitrogen and oxygen atoms in total. The number of nitrogens with one attached hydrogen (secondary N) is 1. The SMILES string of the molecule is CN(C)/C=C\Nc1cccc(N(c2ccccc2)c2ccccc2)c1. The lowest BCUT2D eigenvalue weighted by Crippen LogP contribution is -2.09. The van der Waals surface area contributed by atoms with Crippen LogP contribution in [0.3, 0.4) is 0 Å². The second kappa shape index (κ2) is 8.06. The number of anilines is 4. The van der Waals surface area contributed by atoms with Gasteiger partial charge in [0.2, 0.25) is 0 Å². The Morgan fingerprint density at radius 2 is 1.24 bits per heavy atom. The molecule has 3 rings (SSSR count). The normalized spacial score (nSPS) is 10.6. The Labute approximate surface area is 149 Å². The molecule has 0 bridgehead atoms. The average molecular weight is 329 g/mol. The molecule has 0 heterocycles. The highest BCUT2D eigenvalue weighted by molar-refractivity contribution is 5.78. The average Bonchev–Trinajstić information content (AvgIpc) is 2.64. The zero-order valence-corrected chi connectivity index (χ0v) is 14.6. The van der Waals surface area contributed by atoms with E-state index in [-0.39, 0.29) is 0 Å². The molecule has 126 valence electrons. The van der Waals surface area contributed by atoms with Crippen molar-refractivity contribution in [1.29, 1.82) is 0 Å². The third-order valence-corrected chi connectivity index (χ3v) is 3.76. The van der Waals surface area contributed by atoms with Crippen LogP contribution < -0.4 is 10.2 Å². The highest BCUT2D eigenvalue weighted by atomic mass is 15.1. The van der Waals surface area contributed by atoms with Gasteiger partial charge in [-0.2, -0.15) is 0 Å². The van der Waals surface area contributed by atoms with Crippen LogP contribution in [0.25, 0.3) is 0 Å². The quantitative estimate of drug-likeness (QED) is 0.635. The number of benzene rings is 3. The molecule has 3 aromatic carbocycles. The number of hydrogen-bond donors (Lipinski definition) is 1. The van der Waals surface area contributed by atoms with Gasteiger partial charge in [0.25, 0.3) is 0 Å². The lowest BCUT2D eigenvalue weighted by atomic mass is 10.2. The first-order chi connectivity index (χ1) is 12.2. The Balaban J connectivity index is 1.97. The van der Waals surface area contributed by atoms with Crippen molar-refractivity contribution < 1.29 is 0 Å². The molecule has 0 aliphatic carbocycles. The zero-order chi connectivity index (χ0) is 17.5. The minimum absolute atomic E-state index is 1.05. The highest BCUT2D eigenvalue weighted by Gasteiger charge is 2.11. The molecule has 3 aromatic rings. The Morgan fingerprint density at radius 3 is 1.80 bits per heavy atom. The summed E-state index contributed by atoms with van der Waals surface area (Å²) in [5, 5.41) is 3.33. The fourth-order valence-electron chi connectivity index (χ4n) is 2.62. The Morgan fingerprint density at radius 1 is 0.680 bits per heavy atom. The topological polar surface area (TPSA) is 18.5 Å².